The van der Waals surface area contributed by atoms with Gasteiger partial charge in [0.2, 0.25) is 10.0 Å². The lowest BCUT2D eigenvalue weighted by atomic mass is 9.86. The van der Waals surface area contributed by atoms with E-state index in [0.717, 1.165) is 32.1 Å². The molecule has 4 nitrogen and oxygen atoms in total. The Bertz CT molecular complexity index is 1390. The molecule has 1 aliphatic heterocycles. The summed E-state index contributed by atoms with van der Waals surface area (Å²) in [4.78, 5) is 1.89. The molecule has 3 aromatic carbocycles. The fraction of sp³-hybridized carbons (Fsp3) is 0.214. The Labute approximate surface area is 204 Å². The van der Waals surface area contributed by atoms with Crippen LogP contribution in [0.5, 0.6) is 0 Å². The van der Waals surface area contributed by atoms with E-state index in [4.69, 9.17) is 0 Å². The Morgan fingerprint density at radius 3 is 2.09 bits per heavy atom. The van der Waals surface area contributed by atoms with Crippen LogP contribution in [0.1, 0.15) is 22.6 Å². The Balaban J connectivity index is 1.51. The number of nitrogens with zero attached hydrogens (tertiary/aromatic N) is 1. The van der Waals surface area contributed by atoms with Gasteiger partial charge in [-0.15, -0.1) is 0 Å². The maximum atomic E-state index is 13.7. The smallest absolute Gasteiger partial charge is 0.243 e. The molecule has 0 spiro atoms. The van der Waals surface area contributed by atoms with Crippen LogP contribution in [0, 0.1) is 19.8 Å². The summed E-state index contributed by atoms with van der Waals surface area (Å²) in [6.07, 6.45) is 4.18. The van der Waals surface area contributed by atoms with Crippen LogP contribution in [0.2, 0.25) is 0 Å². The van der Waals surface area contributed by atoms with Crippen molar-refractivity contribution in [2.45, 2.75) is 29.6 Å². The van der Waals surface area contributed by atoms with E-state index in [2.05, 4.69) is 6.08 Å². The maximum Gasteiger partial charge on any atom is 0.243 e. The lowest BCUT2D eigenvalue weighted by molar-refractivity contribution is 0.471. The highest BCUT2D eigenvalue weighted by atomic mass is 32.2. The highest BCUT2D eigenvalue weighted by Gasteiger charge is 2.39. The van der Waals surface area contributed by atoms with Crippen LogP contribution in [0.4, 0.5) is 0 Å². The van der Waals surface area contributed by atoms with Crippen LogP contribution in [-0.4, -0.2) is 30.0 Å². The zero-order valence-corrected chi connectivity index (χ0v) is 20.9. The van der Waals surface area contributed by atoms with Gasteiger partial charge in [0.15, 0.2) is 0 Å². The predicted molar refractivity (Wildman–Crippen MR) is 136 cm³/mol. The summed E-state index contributed by atoms with van der Waals surface area (Å²) in [6, 6.07) is 24.8. The monoisotopic (exact) mass is 489 g/mol. The van der Waals surface area contributed by atoms with E-state index in [1.165, 1.54) is 0 Å². The lowest BCUT2D eigenvalue weighted by Crippen LogP contribution is -2.28. The largest absolute Gasteiger partial charge is 0.249 e. The van der Waals surface area contributed by atoms with E-state index in [-0.39, 0.29) is 11.8 Å². The molecule has 0 bridgehead atoms. The van der Waals surface area contributed by atoms with Gasteiger partial charge < -0.3 is 0 Å². The molecule has 34 heavy (non-hydrogen) atoms. The topological polar surface area (TPSA) is 54.5 Å². The molecule has 0 saturated carbocycles. The van der Waals surface area contributed by atoms with E-state index in [0.29, 0.717) is 18.0 Å². The molecule has 1 fully saturated rings. The SMILES string of the molecule is Cc1ccc(S(=O)C2=C[C@@H]3CN(S(=O)(=O)c4ccc(C)cc4)CC3=C[C@@H]2c2ccccc2)cc1. The summed E-state index contributed by atoms with van der Waals surface area (Å²) in [7, 11) is -4.94. The van der Waals surface area contributed by atoms with Crippen molar-refractivity contribution in [1.29, 1.82) is 0 Å². The standard InChI is InChI=1S/C28H27NO3S2/c1-20-8-12-25(13-9-20)33(30)28-17-24-19-29(34(31,32)26-14-10-21(2)11-15-26)18-23(24)16-27(28)22-6-4-3-5-7-22/h3-17,24,27H,18-19H2,1-2H3/t24-,27-,33?/m1/s1. The molecule has 0 amide bonds. The van der Waals surface area contributed by atoms with Crippen molar-refractivity contribution in [3.63, 3.8) is 0 Å². The summed E-state index contributed by atoms with van der Waals surface area (Å²) in [5, 5.41) is 0. The van der Waals surface area contributed by atoms with Gasteiger partial charge in [-0.25, -0.2) is 12.6 Å². The molecule has 1 heterocycles. The van der Waals surface area contributed by atoms with Crippen LogP contribution in [-0.2, 0) is 20.8 Å². The summed E-state index contributed by atoms with van der Waals surface area (Å²) in [6.45, 7) is 4.66. The van der Waals surface area contributed by atoms with Crippen molar-refractivity contribution in [3.8, 4) is 0 Å². The van der Waals surface area contributed by atoms with Crippen LogP contribution < -0.4 is 0 Å². The quantitative estimate of drug-likeness (QED) is 0.455. The van der Waals surface area contributed by atoms with E-state index < -0.39 is 20.8 Å². The highest BCUT2D eigenvalue weighted by Crippen LogP contribution is 2.42. The maximum absolute atomic E-state index is 13.7. The number of hydrogen-bond acceptors (Lipinski definition) is 3. The van der Waals surface area contributed by atoms with Crippen LogP contribution >= 0.6 is 0 Å². The number of hydrogen-bond donors (Lipinski definition) is 0. The van der Waals surface area contributed by atoms with Gasteiger partial charge in [0.1, 0.15) is 0 Å². The normalized spacial score (nSPS) is 21.5. The number of rotatable bonds is 5. The second-order valence-electron chi connectivity index (χ2n) is 9.00. The molecule has 6 heteroatoms. The molecule has 1 aliphatic carbocycles. The van der Waals surface area contributed by atoms with E-state index in [1.807, 2.05) is 86.7 Å². The summed E-state index contributed by atoms with van der Waals surface area (Å²) < 4.78 is 41.9. The second-order valence-corrected chi connectivity index (χ2v) is 12.4. The average Bonchev–Trinajstić information content (AvgIpc) is 3.28. The number of sulfonamides is 1. The Hall–Kier alpha value is -2.80. The van der Waals surface area contributed by atoms with Crippen molar-refractivity contribution >= 4 is 20.8 Å². The molecule has 3 aromatic rings. The van der Waals surface area contributed by atoms with Crippen LogP contribution in [0.25, 0.3) is 0 Å². The molecular weight excluding hydrogens is 462 g/mol. The number of allylic oxidation sites excluding steroid dienone is 2. The predicted octanol–water partition coefficient (Wildman–Crippen LogP) is 5.34. The minimum atomic E-state index is -3.60. The summed E-state index contributed by atoms with van der Waals surface area (Å²) in [5.74, 6) is -0.235. The number of fused-ring (bicyclic) bond motifs is 1. The molecule has 1 saturated heterocycles. The zero-order chi connectivity index (χ0) is 23.9. The minimum Gasteiger partial charge on any atom is -0.249 e. The third kappa shape index (κ3) is 4.33. The molecular formula is C28H27NO3S2. The summed E-state index contributed by atoms with van der Waals surface area (Å²) in [5.41, 5.74) is 4.26. The van der Waals surface area contributed by atoms with Gasteiger partial charge in [0.05, 0.1) is 15.7 Å². The van der Waals surface area contributed by atoms with Gasteiger partial charge in [-0.3, -0.25) is 0 Å². The highest BCUT2D eigenvalue weighted by molar-refractivity contribution is 7.89. The molecule has 174 valence electrons. The number of benzene rings is 3. The van der Waals surface area contributed by atoms with Crippen molar-refractivity contribution < 1.29 is 12.6 Å². The van der Waals surface area contributed by atoms with E-state index >= 15 is 0 Å². The Morgan fingerprint density at radius 2 is 1.44 bits per heavy atom. The fourth-order valence-electron chi connectivity index (χ4n) is 4.59. The van der Waals surface area contributed by atoms with Gasteiger partial charge in [-0.1, -0.05) is 77.9 Å². The van der Waals surface area contributed by atoms with Crippen molar-refractivity contribution in [3.05, 3.63) is 118 Å². The van der Waals surface area contributed by atoms with Gasteiger partial charge in [0, 0.05) is 34.7 Å². The molecule has 2 aliphatic rings. The zero-order valence-electron chi connectivity index (χ0n) is 19.2. The van der Waals surface area contributed by atoms with Crippen LogP contribution in [0.15, 0.2) is 111 Å². The molecule has 5 rings (SSSR count). The van der Waals surface area contributed by atoms with Crippen molar-refractivity contribution in [1.82, 2.24) is 4.31 Å². The third-order valence-corrected chi connectivity index (χ3v) is 9.90. The summed E-state index contributed by atoms with van der Waals surface area (Å²) >= 11 is 0. The first-order chi connectivity index (χ1) is 16.3. The number of aryl methyl sites for hydroxylation is 2. The van der Waals surface area contributed by atoms with Gasteiger partial charge >= 0.3 is 0 Å². The van der Waals surface area contributed by atoms with E-state index in [9.17, 15) is 12.6 Å². The fourth-order valence-corrected chi connectivity index (χ4v) is 7.43. The van der Waals surface area contributed by atoms with Gasteiger partial charge in [0.25, 0.3) is 0 Å². The first-order valence-electron chi connectivity index (χ1n) is 11.4. The Morgan fingerprint density at radius 1 is 0.824 bits per heavy atom. The Kier molecular flexibility index (Phi) is 6.15. The molecule has 1 unspecified atom stereocenters. The molecule has 0 N–H and O–H groups in total. The molecule has 0 radical (unpaired) electrons. The van der Waals surface area contributed by atoms with E-state index in [1.54, 1.807) is 16.4 Å². The molecule has 3 atom stereocenters. The molecule has 0 aromatic heterocycles. The van der Waals surface area contributed by atoms with Gasteiger partial charge in [-0.2, -0.15) is 4.31 Å². The lowest BCUT2D eigenvalue weighted by Gasteiger charge is -2.25. The average molecular weight is 490 g/mol. The minimum absolute atomic E-state index is 0.0791. The van der Waals surface area contributed by atoms with Crippen molar-refractivity contribution in [2.24, 2.45) is 5.92 Å². The second kappa shape index (κ2) is 9.10. The first kappa shape index (κ1) is 23.0. The van der Waals surface area contributed by atoms with Crippen molar-refractivity contribution in [2.75, 3.05) is 13.1 Å². The van der Waals surface area contributed by atoms with Crippen LogP contribution in [0.3, 0.4) is 0 Å². The first-order valence-corrected chi connectivity index (χ1v) is 13.9. The van der Waals surface area contributed by atoms with Gasteiger partial charge in [-0.05, 0) is 49.2 Å². The third-order valence-electron chi connectivity index (χ3n) is 6.55.